The molecule has 0 spiro atoms. The van der Waals surface area contributed by atoms with E-state index >= 15 is 0 Å². The Labute approximate surface area is 126 Å². The number of aryl methyl sites for hydroxylation is 1. The maximum Gasteiger partial charge on any atom is 0.144 e. The van der Waals surface area contributed by atoms with Gasteiger partial charge in [-0.05, 0) is 36.8 Å². The highest BCUT2D eigenvalue weighted by Crippen LogP contribution is 2.30. The van der Waals surface area contributed by atoms with Gasteiger partial charge in [0.15, 0.2) is 0 Å². The zero-order valence-electron chi connectivity index (χ0n) is 11.5. The Hall–Kier alpha value is -2.07. The largest absolute Gasteiger partial charge is 0.508 e. The monoisotopic (exact) mass is 304 g/mol. The van der Waals surface area contributed by atoms with Crippen LogP contribution in [0.25, 0.3) is 22.4 Å². The molecule has 2 aromatic carbocycles. The molecule has 3 aromatic rings. The summed E-state index contributed by atoms with van der Waals surface area (Å²) in [5, 5.41) is 9.95. The number of hydrogen-bond acceptors (Lipinski definition) is 2. The first-order valence-corrected chi connectivity index (χ1v) is 7.12. The number of aromatic nitrogens is 2. The van der Waals surface area contributed by atoms with Crippen LogP contribution in [-0.4, -0.2) is 14.7 Å². The molecule has 0 saturated carbocycles. The zero-order chi connectivity index (χ0) is 15.0. The van der Waals surface area contributed by atoms with E-state index in [1.54, 1.807) is 18.2 Å². The Balaban J connectivity index is 2.27. The molecule has 5 heteroatoms. The number of fused-ring (bicyclic) bond motifs is 1. The van der Waals surface area contributed by atoms with E-state index in [2.05, 4.69) is 11.9 Å². The number of imidazole rings is 1. The van der Waals surface area contributed by atoms with Crippen molar-refractivity contribution in [1.82, 2.24) is 9.55 Å². The molecule has 108 valence electrons. The van der Waals surface area contributed by atoms with Crippen molar-refractivity contribution in [3.8, 4) is 17.1 Å². The van der Waals surface area contributed by atoms with Crippen LogP contribution in [0.2, 0.25) is 5.02 Å². The SMILES string of the molecule is CCCn1c(-c2ccc(O)cc2F)nc2cc(Cl)ccc21. The number of halogens is 2. The molecule has 3 rings (SSSR count). The van der Waals surface area contributed by atoms with Gasteiger partial charge in [-0.3, -0.25) is 0 Å². The second-order valence-electron chi connectivity index (χ2n) is 4.88. The Morgan fingerprint density at radius 2 is 2.05 bits per heavy atom. The third-order valence-corrected chi connectivity index (χ3v) is 3.59. The average Bonchev–Trinajstić information content (AvgIpc) is 2.77. The highest BCUT2D eigenvalue weighted by Gasteiger charge is 2.16. The van der Waals surface area contributed by atoms with Crippen molar-refractivity contribution in [2.45, 2.75) is 19.9 Å². The van der Waals surface area contributed by atoms with Gasteiger partial charge in [-0.15, -0.1) is 0 Å². The second-order valence-corrected chi connectivity index (χ2v) is 5.32. The minimum atomic E-state index is -0.492. The van der Waals surface area contributed by atoms with Crippen molar-refractivity contribution in [3.05, 3.63) is 47.2 Å². The first-order valence-electron chi connectivity index (χ1n) is 6.75. The Bertz CT molecular complexity index is 813. The number of hydrogen-bond donors (Lipinski definition) is 1. The van der Waals surface area contributed by atoms with Gasteiger partial charge >= 0.3 is 0 Å². The van der Waals surface area contributed by atoms with Gasteiger partial charge in [0.1, 0.15) is 17.4 Å². The molecule has 0 atom stereocenters. The molecule has 0 fully saturated rings. The summed E-state index contributed by atoms with van der Waals surface area (Å²) in [6, 6.07) is 9.56. The van der Waals surface area contributed by atoms with Gasteiger partial charge < -0.3 is 9.67 Å². The van der Waals surface area contributed by atoms with E-state index in [1.165, 1.54) is 6.07 Å². The summed E-state index contributed by atoms with van der Waals surface area (Å²) in [5.74, 6) is -0.0437. The summed E-state index contributed by atoms with van der Waals surface area (Å²) in [5.41, 5.74) is 2.02. The predicted molar refractivity (Wildman–Crippen MR) is 82.1 cm³/mol. The molecular weight excluding hydrogens is 291 g/mol. The fraction of sp³-hybridized carbons (Fsp3) is 0.188. The molecule has 0 saturated heterocycles. The predicted octanol–water partition coefficient (Wildman–Crippen LogP) is 4.61. The van der Waals surface area contributed by atoms with Gasteiger partial charge in [0.05, 0.1) is 16.6 Å². The van der Waals surface area contributed by atoms with Crippen LogP contribution in [-0.2, 0) is 6.54 Å². The summed E-state index contributed by atoms with van der Waals surface area (Å²) in [6.45, 7) is 2.78. The van der Waals surface area contributed by atoms with Crippen LogP contribution in [0.3, 0.4) is 0 Å². The summed E-state index contributed by atoms with van der Waals surface area (Å²) >= 11 is 6.00. The van der Waals surface area contributed by atoms with Crippen LogP contribution >= 0.6 is 11.6 Å². The van der Waals surface area contributed by atoms with Crippen molar-refractivity contribution >= 4 is 22.6 Å². The molecule has 0 unspecified atom stereocenters. The summed E-state index contributed by atoms with van der Waals surface area (Å²) < 4.78 is 16.1. The van der Waals surface area contributed by atoms with Crippen molar-refractivity contribution in [1.29, 1.82) is 0 Å². The minimum Gasteiger partial charge on any atom is -0.508 e. The quantitative estimate of drug-likeness (QED) is 0.767. The lowest BCUT2D eigenvalue weighted by molar-refractivity contribution is 0.469. The van der Waals surface area contributed by atoms with E-state index in [4.69, 9.17) is 11.6 Å². The smallest absolute Gasteiger partial charge is 0.144 e. The van der Waals surface area contributed by atoms with Crippen LogP contribution in [0.1, 0.15) is 13.3 Å². The third-order valence-electron chi connectivity index (χ3n) is 3.35. The van der Waals surface area contributed by atoms with Crippen molar-refractivity contribution < 1.29 is 9.50 Å². The lowest BCUT2D eigenvalue weighted by Gasteiger charge is -2.08. The number of nitrogens with zero attached hydrogens (tertiary/aromatic N) is 2. The first kappa shape index (κ1) is 13.9. The van der Waals surface area contributed by atoms with Gasteiger partial charge in [-0.2, -0.15) is 0 Å². The first-order chi connectivity index (χ1) is 10.1. The zero-order valence-corrected chi connectivity index (χ0v) is 12.2. The molecule has 21 heavy (non-hydrogen) atoms. The van der Waals surface area contributed by atoms with Crippen LogP contribution in [0.4, 0.5) is 4.39 Å². The second kappa shape index (κ2) is 5.37. The normalized spacial score (nSPS) is 11.2. The fourth-order valence-corrected chi connectivity index (χ4v) is 2.61. The van der Waals surface area contributed by atoms with Crippen LogP contribution < -0.4 is 0 Å². The van der Waals surface area contributed by atoms with Gasteiger partial charge in [-0.1, -0.05) is 18.5 Å². The highest BCUT2D eigenvalue weighted by atomic mass is 35.5. The molecule has 0 amide bonds. The van der Waals surface area contributed by atoms with Gasteiger partial charge in [0, 0.05) is 17.6 Å². The maximum absolute atomic E-state index is 14.1. The number of rotatable bonds is 3. The van der Waals surface area contributed by atoms with E-state index in [0.717, 1.165) is 30.1 Å². The molecule has 0 aliphatic rings. The van der Waals surface area contributed by atoms with E-state index in [-0.39, 0.29) is 5.75 Å². The average molecular weight is 305 g/mol. The lowest BCUT2D eigenvalue weighted by Crippen LogP contribution is -2.00. The van der Waals surface area contributed by atoms with Gasteiger partial charge in [-0.25, -0.2) is 9.37 Å². The van der Waals surface area contributed by atoms with Crippen molar-refractivity contribution in [2.24, 2.45) is 0 Å². The van der Waals surface area contributed by atoms with E-state index in [1.807, 2.05) is 10.6 Å². The minimum absolute atomic E-state index is 0.0996. The molecular formula is C16H14ClFN2O. The molecule has 3 nitrogen and oxygen atoms in total. The van der Waals surface area contributed by atoms with E-state index in [9.17, 15) is 9.50 Å². The van der Waals surface area contributed by atoms with E-state index < -0.39 is 5.82 Å². The van der Waals surface area contributed by atoms with Crippen LogP contribution in [0.5, 0.6) is 5.75 Å². The molecule has 0 bridgehead atoms. The van der Waals surface area contributed by atoms with Crippen molar-refractivity contribution in [3.63, 3.8) is 0 Å². The summed E-state index contributed by atoms with van der Waals surface area (Å²) in [7, 11) is 0. The topological polar surface area (TPSA) is 38.0 Å². The molecule has 1 aromatic heterocycles. The van der Waals surface area contributed by atoms with E-state index in [0.29, 0.717) is 16.4 Å². The number of benzene rings is 2. The van der Waals surface area contributed by atoms with Crippen LogP contribution in [0.15, 0.2) is 36.4 Å². The number of aromatic hydroxyl groups is 1. The van der Waals surface area contributed by atoms with Gasteiger partial charge in [0.2, 0.25) is 0 Å². The Morgan fingerprint density at radius 1 is 1.24 bits per heavy atom. The molecule has 0 aliphatic carbocycles. The fourth-order valence-electron chi connectivity index (χ4n) is 2.44. The molecule has 1 N–H and O–H groups in total. The number of phenolic OH excluding ortho intramolecular Hbond substituents is 1. The molecule has 1 heterocycles. The van der Waals surface area contributed by atoms with Crippen molar-refractivity contribution in [2.75, 3.05) is 0 Å². The Kier molecular flexibility index (Phi) is 3.55. The standard InChI is InChI=1S/C16H14ClFN2O/c1-2-7-20-15-6-3-10(17)8-14(15)19-16(20)12-5-4-11(21)9-13(12)18/h3-6,8-9,21H,2,7H2,1H3. The van der Waals surface area contributed by atoms with Gasteiger partial charge in [0.25, 0.3) is 0 Å². The highest BCUT2D eigenvalue weighted by molar-refractivity contribution is 6.31. The maximum atomic E-state index is 14.1. The van der Waals surface area contributed by atoms with Crippen LogP contribution in [0, 0.1) is 5.82 Å². The third kappa shape index (κ3) is 2.47. The summed E-state index contributed by atoms with van der Waals surface area (Å²) in [4.78, 5) is 4.51. The summed E-state index contributed by atoms with van der Waals surface area (Å²) in [6.07, 6.45) is 0.904. The lowest BCUT2D eigenvalue weighted by atomic mass is 10.2. The number of phenols is 1. The molecule has 0 aliphatic heterocycles. The Morgan fingerprint density at radius 3 is 2.76 bits per heavy atom. The molecule has 0 radical (unpaired) electrons.